The van der Waals surface area contributed by atoms with Crippen LogP contribution in [0.4, 0.5) is 0 Å². The van der Waals surface area contributed by atoms with Gasteiger partial charge in [0.25, 0.3) is 0 Å². The van der Waals surface area contributed by atoms with Gasteiger partial charge in [-0.1, -0.05) is 25.0 Å². The number of ether oxygens (including phenoxy) is 2. The Bertz CT molecular complexity index is 408. The van der Waals surface area contributed by atoms with Crippen LogP contribution in [0.1, 0.15) is 43.0 Å². The molecule has 1 saturated carbocycles. The van der Waals surface area contributed by atoms with E-state index >= 15 is 0 Å². The van der Waals surface area contributed by atoms with Crippen molar-refractivity contribution in [3.05, 3.63) is 29.8 Å². The molecule has 0 saturated heterocycles. The van der Waals surface area contributed by atoms with Gasteiger partial charge in [-0.3, -0.25) is 4.79 Å². The molecule has 1 aromatic carbocycles. The zero-order chi connectivity index (χ0) is 13.5. The fraction of sp³-hybridized carbons (Fsp3) is 0.562. The molecule has 0 aromatic heterocycles. The van der Waals surface area contributed by atoms with Crippen LogP contribution in [0.15, 0.2) is 24.3 Å². The van der Waals surface area contributed by atoms with Gasteiger partial charge in [0, 0.05) is 6.61 Å². The summed E-state index contributed by atoms with van der Waals surface area (Å²) in [6.07, 6.45) is 5.29. The second-order valence-electron chi connectivity index (χ2n) is 5.13. The largest absolute Gasteiger partial charge is 0.490 e. The van der Waals surface area contributed by atoms with Crippen molar-refractivity contribution >= 4 is 5.78 Å². The molecule has 0 amide bonds. The summed E-state index contributed by atoms with van der Waals surface area (Å²) in [5, 5.41) is 0. The summed E-state index contributed by atoms with van der Waals surface area (Å²) in [5.41, 5.74) is 0.637. The van der Waals surface area contributed by atoms with Gasteiger partial charge in [-0.15, -0.1) is 0 Å². The van der Waals surface area contributed by atoms with Crippen molar-refractivity contribution in [3.63, 3.8) is 0 Å². The summed E-state index contributed by atoms with van der Waals surface area (Å²) in [6, 6.07) is 7.34. The first-order valence-corrected chi connectivity index (χ1v) is 7.08. The Morgan fingerprint density at radius 3 is 2.68 bits per heavy atom. The zero-order valence-electron chi connectivity index (χ0n) is 11.6. The summed E-state index contributed by atoms with van der Waals surface area (Å²) < 4.78 is 11.2. The van der Waals surface area contributed by atoms with Crippen molar-refractivity contribution in [2.45, 2.75) is 32.6 Å². The molecule has 3 heteroatoms. The molecule has 0 radical (unpaired) electrons. The van der Waals surface area contributed by atoms with E-state index in [1.807, 2.05) is 18.2 Å². The van der Waals surface area contributed by atoms with E-state index in [2.05, 4.69) is 0 Å². The Morgan fingerprint density at radius 1 is 1.21 bits per heavy atom. The van der Waals surface area contributed by atoms with Crippen LogP contribution in [0.25, 0.3) is 0 Å². The highest BCUT2D eigenvalue weighted by molar-refractivity contribution is 5.96. The van der Waals surface area contributed by atoms with Crippen LogP contribution in [0.2, 0.25) is 0 Å². The predicted octanol–water partition coefficient (Wildman–Crippen LogP) is 3.47. The molecule has 0 unspecified atom stereocenters. The Balaban J connectivity index is 1.69. The van der Waals surface area contributed by atoms with Gasteiger partial charge in [0.15, 0.2) is 5.78 Å². The van der Waals surface area contributed by atoms with Crippen LogP contribution in [-0.4, -0.2) is 25.6 Å². The maximum Gasteiger partial charge on any atom is 0.163 e. The molecule has 1 aromatic rings. The summed E-state index contributed by atoms with van der Waals surface area (Å²) in [5.74, 6) is 1.42. The summed E-state index contributed by atoms with van der Waals surface area (Å²) in [7, 11) is 0. The number of para-hydroxylation sites is 1. The second-order valence-corrected chi connectivity index (χ2v) is 5.13. The fourth-order valence-corrected chi connectivity index (χ4v) is 2.52. The molecule has 0 N–H and O–H groups in total. The molecule has 0 aliphatic heterocycles. The van der Waals surface area contributed by atoms with Crippen molar-refractivity contribution < 1.29 is 14.3 Å². The summed E-state index contributed by atoms with van der Waals surface area (Å²) in [4.78, 5) is 11.4. The lowest BCUT2D eigenvalue weighted by atomic mass is 10.1. The smallest absolute Gasteiger partial charge is 0.163 e. The van der Waals surface area contributed by atoms with Crippen molar-refractivity contribution in [2.75, 3.05) is 19.8 Å². The lowest BCUT2D eigenvalue weighted by molar-refractivity contribution is 0.0748. The first-order chi connectivity index (χ1) is 9.27. The molecule has 0 bridgehead atoms. The van der Waals surface area contributed by atoms with E-state index in [4.69, 9.17) is 9.47 Å². The molecule has 1 aliphatic rings. The molecule has 1 aliphatic carbocycles. The predicted molar refractivity (Wildman–Crippen MR) is 74.7 cm³/mol. The number of benzene rings is 1. The molecular weight excluding hydrogens is 240 g/mol. The molecule has 0 spiro atoms. The van der Waals surface area contributed by atoms with Crippen molar-refractivity contribution in [1.29, 1.82) is 0 Å². The first kappa shape index (κ1) is 14.1. The van der Waals surface area contributed by atoms with Crippen LogP contribution >= 0.6 is 0 Å². The standard InChI is InChI=1S/C16H22O3/c1-13(17)15-8-4-5-9-16(15)19-11-10-18-12-14-6-2-3-7-14/h4-5,8-9,14H,2-3,6-7,10-12H2,1H3. The Kier molecular flexibility index (Phi) is 5.40. The molecule has 0 atom stereocenters. The quantitative estimate of drug-likeness (QED) is 0.557. The summed E-state index contributed by atoms with van der Waals surface area (Å²) >= 11 is 0. The lowest BCUT2D eigenvalue weighted by Crippen LogP contribution is -2.12. The monoisotopic (exact) mass is 262 g/mol. The maximum atomic E-state index is 11.4. The number of carbonyl (C=O) groups is 1. The SMILES string of the molecule is CC(=O)c1ccccc1OCCOCC1CCCC1. The van der Waals surface area contributed by atoms with Crippen LogP contribution in [-0.2, 0) is 4.74 Å². The molecular formula is C16H22O3. The molecule has 2 rings (SSSR count). The topological polar surface area (TPSA) is 35.5 Å². The van der Waals surface area contributed by atoms with E-state index in [9.17, 15) is 4.79 Å². The highest BCUT2D eigenvalue weighted by Crippen LogP contribution is 2.24. The number of hydrogen-bond acceptors (Lipinski definition) is 3. The third kappa shape index (κ3) is 4.35. The highest BCUT2D eigenvalue weighted by Gasteiger charge is 2.14. The third-order valence-electron chi connectivity index (χ3n) is 3.58. The van der Waals surface area contributed by atoms with Crippen molar-refractivity contribution in [1.82, 2.24) is 0 Å². The second kappa shape index (κ2) is 7.29. The highest BCUT2D eigenvalue weighted by atomic mass is 16.5. The minimum Gasteiger partial charge on any atom is -0.490 e. The molecule has 3 nitrogen and oxygen atoms in total. The molecule has 1 fully saturated rings. The van der Waals surface area contributed by atoms with Gasteiger partial charge in [0.05, 0.1) is 12.2 Å². The van der Waals surface area contributed by atoms with Crippen LogP contribution in [0.5, 0.6) is 5.75 Å². The zero-order valence-corrected chi connectivity index (χ0v) is 11.6. The Hall–Kier alpha value is -1.35. The minimum absolute atomic E-state index is 0.0301. The molecule has 0 heterocycles. The number of Topliss-reactive ketones (excluding diaryl/α,β-unsaturated/α-hetero) is 1. The van der Waals surface area contributed by atoms with Crippen molar-refractivity contribution in [2.24, 2.45) is 5.92 Å². The van der Waals surface area contributed by atoms with Gasteiger partial charge in [0.2, 0.25) is 0 Å². The Labute approximate surface area is 114 Å². The Morgan fingerprint density at radius 2 is 1.95 bits per heavy atom. The van der Waals surface area contributed by atoms with Crippen molar-refractivity contribution in [3.8, 4) is 5.75 Å². The van der Waals surface area contributed by atoms with E-state index in [1.54, 1.807) is 13.0 Å². The third-order valence-corrected chi connectivity index (χ3v) is 3.58. The average Bonchev–Trinajstić information content (AvgIpc) is 2.92. The van der Waals surface area contributed by atoms with Crippen LogP contribution in [0.3, 0.4) is 0 Å². The van der Waals surface area contributed by atoms with Gasteiger partial charge >= 0.3 is 0 Å². The number of rotatable bonds is 7. The molecule has 104 valence electrons. The molecule has 19 heavy (non-hydrogen) atoms. The average molecular weight is 262 g/mol. The van der Waals surface area contributed by atoms with Crippen LogP contribution in [0, 0.1) is 5.92 Å². The van der Waals surface area contributed by atoms with E-state index < -0.39 is 0 Å². The van der Waals surface area contributed by atoms with Gasteiger partial charge in [0.1, 0.15) is 12.4 Å². The van der Waals surface area contributed by atoms with E-state index in [-0.39, 0.29) is 5.78 Å². The maximum absolute atomic E-state index is 11.4. The first-order valence-electron chi connectivity index (χ1n) is 7.08. The van der Waals surface area contributed by atoms with E-state index in [0.717, 1.165) is 12.5 Å². The number of hydrogen-bond donors (Lipinski definition) is 0. The summed E-state index contributed by atoms with van der Waals surface area (Å²) in [6.45, 7) is 3.48. The van der Waals surface area contributed by atoms with E-state index in [1.165, 1.54) is 25.7 Å². The van der Waals surface area contributed by atoms with Crippen LogP contribution < -0.4 is 4.74 Å². The lowest BCUT2D eigenvalue weighted by Gasteiger charge is -2.12. The van der Waals surface area contributed by atoms with Gasteiger partial charge < -0.3 is 9.47 Å². The van der Waals surface area contributed by atoms with Gasteiger partial charge in [-0.25, -0.2) is 0 Å². The minimum atomic E-state index is 0.0301. The number of ketones is 1. The van der Waals surface area contributed by atoms with E-state index in [0.29, 0.717) is 24.5 Å². The normalized spacial score (nSPS) is 15.6. The fourth-order valence-electron chi connectivity index (χ4n) is 2.52. The van der Waals surface area contributed by atoms with Gasteiger partial charge in [-0.2, -0.15) is 0 Å². The number of carbonyl (C=O) groups excluding carboxylic acids is 1. The van der Waals surface area contributed by atoms with Gasteiger partial charge in [-0.05, 0) is 37.8 Å².